The quantitative estimate of drug-likeness (QED) is 0.861. The van der Waals surface area contributed by atoms with Gasteiger partial charge in [-0.2, -0.15) is 11.8 Å². The van der Waals surface area contributed by atoms with Gasteiger partial charge in [0.2, 0.25) is 0 Å². The van der Waals surface area contributed by atoms with Gasteiger partial charge in [-0.05, 0) is 19.1 Å². The molecule has 6 nitrogen and oxygen atoms in total. The summed E-state index contributed by atoms with van der Waals surface area (Å²) in [6.45, 7) is 1.81. The number of thioether (sulfide) groups is 1. The lowest BCUT2D eigenvalue weighted by atomic mass is 9.95. The molecule has 7 heteroatoms. The Morgan fingerprint density at radius 3 is 2.95 bits per heavy atom. The minimum absolute atomic E-state index is 0.0884. The Morgan fingerprint density at radius 2 is 2.25 bits per heavy atom. The van der Waals surface area contributed by atoms with Crippen LogP contribution in [-0.2, 0) is 0 Å². The van der Waals surface area contributed by atoms with E-state index >= 15 is 0 Å². The number of hydrogen-bond acceptors (Lipinski definition) is 5. The van der Waals surface area contributed by atoms with Crippen LogP contribution in [0.1, 0.15) is 42.2 Å². The van der Waals surface area contributed by atoms with Crippen LogP contribution in [0.25, 0.3) is 0 Å². The molecular formula is C13H21N5OS. The molecule has 2 fully saturated rings. The molecule has 1 aliphatic heterocycles. The maximum atomic E-state index is 12.3. The SMILES string of the molecule is CSC1CCCCC1NC(=O)c1cn(C2CNC2)nn1. The van der Waals surface area contributed by atoms with Crippen molar-refractivity contribution in [3.63, 3.8) is 0 Å². The predicted octanol–water partition coefficient (Wildman–Crippen LogP) is 0.826. The van der Waals surface area contributed by atoms with Crippen molar-refractivity contribution < 1.29 is 4.79 Å². The van der Waals surface area contributed by atoms with Gasteiger partial charge in [0.25, 0.3) is 5.91 Å². The van der Waals surface area contributed by atoms with Crippen LogP contribution in [0.5, 0.6) is 0 Å². The molecule has 3 rings (SSSR count). The summed E-state index contributed by atoms with van der Waals surface area (Å²) in [6.07, 6.45) is 8.60. The van der Waals surface area contributed by atoms with Crippen molar-refractivity contribution in [1.82, 2.24) is 25.6 Å². The van der Waals surface area contributed by atoms with Crippen LogP contribution in [0, 0.1) is 0 Å². The van der Waals surface area contributed by atoms with Gasteiger partial charge in [-0.25, -0.2) is 4.68 Å². The molecule has 2 heterocycles. The molecule has 1 aromatic rings. The van der Waals surface area contributed by atoms with E-state index in [1.807, 2.05) is 11.8 Å². The number of carbonyl (C=O) groups excluding carboxylic acids is 1. The lowest BCUT2D eigenvalue weighted by molar-refractivity contribution is 0.0924. The van der Waals surface area contributed by atoms with E-state index in [0.29, 0.717) is 17.0 Å². The van der Waals surface area contributed by atoms with E-state index < -0.39 is 0 Å². The van der Waals surface area contributed by atoms with Gasteiger partial charge in [0.1, 0.15) is 0 Å². The fourth-order valence-electron chi connectivity index (χ4n) is 2.81. The van der Waals surface area contributed by atoms with Crippen molar-refractivity contribution in [2.24, 2.45) is 0 Å². The van der Waals surface area contributed by atoms with Crippen LogP contribution >= 0.6 is 11.8 Å². The van der Waals surface area contributed by atoms with Gasteiger partial charge >= 0.3 is 0 Å². The monoisotopic (exact) mass is 295 g/mol. The van der Waals surface area contributed by atoms with Crippen molar-refractivity contribution in [3.8, 4) is 0 Å². The highest BCUT2D eigenvalue weighted by molar-refractivity contribution is 7.99. The lowest BCUT2D eigenvalue weighted by Gasteiger charge is -2.30. The molecule has 110 valence electrons. The molecule has 2 aliphatic rings. The van der Waals surface area contributed by atoms with Crippen LogP contribution < -0.4 is 10.6 Å². The lowest BCUT2D eigenvalue weighted by Crippen LogP contribution is -2.44. The first-order chi connectivity index (χ1) is 9.78. The number of nitrogens with one attached hydrogen (secondary N) is 2. The molecule has 0 radical (unpaired) electrons. The first kappa shape index (κ1) is 13.9. The number of amides is 1. The number of aromatic nitrogens is 3. The zero-order valence-corrected chi connectivity index (χ0v) is 12.5. The molecule has 0 aromatic carbocycles. The third-order valence-electron chi connectivity index (χ3n) is 4.20. The minimum atomic E-state index is -0.0884. The summed E-state index contributed by atoms with van der Waals surface area (Å²) in [6, 6.07) is 0.611. The molecule has 1 aromatic heterocycles. The second-order valence-electron chi connectivity index (χ2n) is 5.53. The molecule has 1 saturated carbocycles. The van der Waals surface area contributed by atoms with Crippen molar-refractivity contribution in [1.29, 1.82) is 0 Å². The molecule has 1 saturated heterocycles. The highest BCUT2D eigenvalue weighted by Gasteiger charge is 2.27. The second kappa shape index (κ2) is 6.13. The summed E-state index contributed by atoms with van der Waals surface area (Å²) in [4.78, 5) is 12.3. The van der Waals surface area contributed by atoms with E-state index in [9.17, 15) is 4.79 Å². The van der Waals surface area contributed by atoms with Gasteiger partial charge < -0.3 is 10.6 Å². The minimum Gasteiger partial charge on any atom is -0.347 e. The van der Waals surface area contributed by atoms with E-state index in [1.54, 1.807) is 10.9 Å². The average Bonchev–Trinajstić information content (AvgIpc) is 2.87. The third kappa shape index (κ3) is 2.83. The zero-order valence-electron chi connectivity index (χ0n) is 11.7. The Hall–Kier alpha value is -1.08. The third-order valence-corrected chi connectivity index (χ3v) is 5.37. The van der Waals surface area contributed by atoms with Gasteiger partial charge in [0.15, 0.2) is 5.69 Å². The van der Waals surface area contributed by atoms with Crippen molar-refractivity contribution >= 4 is 17.7 Å². The van der Waals surface area contributed by atoms with Crippen LogP contribution in [-0.4, -0.2) is 51.5 Å². The second-order valence-corrected chi connectivity index (χ2v) is 6.61. The predicted molar refractivity (Wildman–Crippen MR) is 79.0 cm³/mol. The van der Waals surface area contributed by atoms with Crippen LogP contribution in [0.3, 0.4) is 0 Å². The number of rotatable bonds is 4. The summed E-state index contributed by atoms with van der Waals surface area (Å²) in [5, 5.41) is 14.9. The largest absolute Gasteiger partial charge is 0.347 e. The highest BCUT2D eigenvalue weighted by atomic mass is 32.2. The normalized spacial score (nSPS) is 27.1. The van der Waals surface area contributed by atoms with Crippen LogP contribution in [0.4, 0.5) is 0 Å². The van der Waals surface area contributed by atoms with Gasteiger partial charge in [-0.1, -0.05) is 18.1 Å². The summed E-state index contributed by atoms with van der Waals surface area (Å²) in [5.41, 5.74) is 0.433. The maximum Gasteiger partial charge on any atom is 0.273 e. The Labute approximate surface area is 123 Å². The Morgan fingerprint density at radius 1 is 1.45 bits per heavy atom. The van der Waals surface area contributed by atoms with E-state index in [1.165, 1.54) is 19.3 Å². The zero-order chi connectivity index (χ0) is 13.9. The molecule has 1 amide bonds. The first-order valence-electron chi connectivity index (χ1n) is 7.24. The van der Waals surface area contributed by atoms with Crippen LogP contribution in [0.15, 0.2) is 6.20 Å². The Bertz CT molecular complexity index is 473. The summed E-state index contributed by atoms with van der Waals surface area (Å²) >= 11 is 1.85. The van der Waals surface area contributed by atoms with Crippen molar-refractivity contribution in [2.75, 3.05) is 19.3 Å². The maximum absolute atomic E-state index is 12.3. The van der Waals surface area contributed by atoms with Gasteiger partial charge in [0.05, 0.1) is 12.2 Å². The topological polar surface area (TPSA) is 71.8 Å². The summed E-state index contributed by atoms with van der Waals surface area (Å²) in [7, 11) is 0. The molecule has 2 atom stereocenters. The highest BCUT2D eigenvalue weighted by Crippen LogP contribution is 2.27. The number of hydrogen-bond donors (Lipinski definition) is 2. The van der Waals surface area contributed by atoms with Crippen molar-refractivity contribution in [3.05, 3.63) is 11.9 Å². The number of carbonyl (C=O) groups is 1. The molecular weight excluding hydrogens is 274 g/mol. The molecule has 2 N–H and O–H groups in total. The van der Waals surface area contributed by atoms with Crippen LogP contribution in [0.2, 0.25) is 0 Å². The van der Waals surface area contributed by atoms with E-state index in [-0.39, 0.29) is 11.9 Å². The Balaban J connectivity index is 1.61. The molecule has 0 bridgehead atoms. The van der Waals surface area contributed by atoms with Gasteiger partial charge in [-0.3, -0.25) is 4.79 Å². The summed E-state index contributed by atoms with van der Waals surface area (Å²) in [5.74, 6) is -0.0884. The van der Waals surface area contributed by atoms with E-state index in [2.05, 4.69) is 27.2 Å². The first-order valence-corrected chi connectivity index (χ1v) is 8.53. The smallest absolute Gasteiger partial charge is 0.273 e. The molecule has 1 aliphatic carbocycles. The molecule has 20 heavy (non-hydrogen) atoms. The Kier molecular flexibility index (Phi) is 4.26. The average molecular weight is 295 g/mol. The van der Waals surface area contributed by atoms with Crippen molar-refractivity contribution in [2.45, 2.75) is 43.0 Å². The standard InChI is InChI=1S/C13H21N5OS/c1-20-12-5-3-2-4-10(12)15-13(19)11-8-18(17-16-11)9-6-14-7-9/h8-10,12,14H,2-7H2,1H3,(H,15,19). The van der Waals surface area contributed by atoms with E-state index in [0.717, 1.165) is 19.5 Å². The molecule has 0 spiro atoms. The fourth-order valence-corrected chi connectivity index (χ4v) is 3.74. The van der Waals surface area contributed by atoms with Gasteiger partial charge in [-0.15, -0.1) is 5.10 Å². The molecule has 2 unspecified atom stereocenters. The number of nitrogens with zero attached hydrogens (tertiary/aromatic N) is 3. The summed E-state index contributed by atoms with van der Waals surface area (Å²) < 4.78 is 1.79. The van der Waals surface area contributed by atoms with Gasteiger partial charge in [0, 0.05) is 24.4 Å². The van der Waals surface area contributed by atoms with E-state index in [4.69, 9.17) is 0 Å². The fraction of sp³-hybridized carbons (Fsp3) is 0.769.